The second-order valence-corrected chi connectivity index (χ2v) is 5.89. The fourth-order valence-corrected chi connectivity index (χ4v) is 3.21. The Balaban J connectivity index is 2.04. The van der Waals surface area contributed by atoms with Crippen LogP contribution in [-0.2, 0) is 0 Å². The van der Waals surface area contributed by atoms with E-state index in [0.29, 0.717) is 12.0 Å². The van der Waals surface area contributed by atoms with Crippen molar-refractivity contribution in [1.29, 1.82) is 0 Å². The van der Waals surface area contributed by atoms with Crippen LogP contribution in [-0.4, -0.2) is 12.6 Å². The van der Waals surface area contributed by atoms with Crippen molar-refractivity contribution < 1.29 is 4.74 Å². The molecule has 1 saturated carbocycles. The maximum Gasteiger partial charge on any atom is 0.122 e. The van der Waals surface area contributed by atoms with Gasteiger partial charge in [-0.3, -0.25) is 0 Å². The smallest absolute Gasteiger partial charge is 0.122 e. The Kier molecular flexibility index (Phi) is 5.26. The first kappa shape index (κ1) is 14.4. The maximum absolute atomic E-state index is 6.29. The van der Waals surface area contributed by atoms with Gasteiger partial charge < -0.3 is 10.5 Å². The average Bonchev–Trinajstić information content (AvgIpc) is 2.42. The van der Waals surface area contributed by atoms with Crippen molar-refractivity contribution in [2.45, 2.75) is 52.1 Å². The number of rotatable bonds is 5. The molecule has 1 aromatic rings. The molecule has 1 fully saturated rings. The van der Waals surface area contributed by atoms with Gasteiger partial charge in [-0.15, -0.1) is 0 Å². The molecule has 3 atom stereocenters. The van der Waals surface area contributed by atoms with Gasteiger partial charge in [0.2, 0.25) is 0 Å². The molecule has 19 heavy (non-hydrogen) atoms. The molecule has 0 spiro atoms. The Morgan fingerprint density at radius 3 is 2.74 bits per heavy atom. The normalized spacial score (nSPS) is 27.2. The molecule has 0 aromatic heterocycles. The summed E-state index contributed by atoms with van der Waals surface area (Å²) in [5.41, 5.74) is 7.14. The van der Waals surface area contributed by atoms with Gasteiger partial charge in [0.15, 0.2) is 0 Å². The maximum atomic E-state index is 6.29. The quantitative estimate of drug-likeness (QED) is 0.872. The summed E-state index contributed by atoms with van der Waals surface area (Å²) in [4.78, 5) is 0. The van der Waals surface area contributed by atoms with Crippen molar-refractivity contribution >= 4 is 0 Å². The molecule has 106 valence electrons. The molecule has 2 heteroatoms. The third-order valence-corrected chi connectivity index (χ3v) is 4.41. The summed E-state index contributed by atoms with van der Waals surface area (Å²) in [6.07, 6.45) is 6.61. The summed E-state index contributed by atoms with van der Waals surface area (Å²) in [5, 5.41) is 0. The lowest BCUT2D eigenvalue weighted by Gasteiger charge is -2.36. The van der Waals surface area contributed by atoms with Crippen LogP contribution in [0, 0.1) is 18.8 Å². The Morgan fingerprint density at radius 2 is 2.05 bits per heavy atom. The second kappa shape index (κ2) is 6.95. The van der Waals surface area contributed by atoms with Gasteiger partial charge in [-0.1, -0.05) is 38.0 Å². The fourth-order valence-electron chi connectivity index (χ4n) is 3.21. The van der Waals surface area contributed by atoms with E-state index >= 15 is 0 Å². The van der Waals surface area contributed by atoms with Crippen LogP contribution in [0.25, 0.3) is 0 Å². The first-order chi connectivity index (χ1) is 9.24. The number of ether oxygens (including phenoxy) is 1. The molecule has 2 nitrogen and oxygen atoms in total. The van der Waals surface area contributed by atoms with Gasteiger partial charge in [0, 0.05) is 5.92 Å². The zero-order chi connectivity index (χ0) is 13.7. The van der Waals surface area contributed by atoms with Crippen LogP contribution < -0.4 is 10.5 Å². The highest BCUT2D eigenvalue weighted by molar-refractivity contribution is 5.32. The Hall–Kier alpha value is -1.02. The van der Waals surface area contributed by atoms with Crippen molar-refractivity contribution in [3.8, 4) is 5.75 Å². The predicted molar refractivity (Wildman–Crippen MR) is 80.4 cm³/mol. The number of benzene rings is 1. The minimum Gasteiger partial charge on any atom is -0.490 e. The van der Waals surface area contributed by atoms with E-state index in [1.54, 1.807) is 0 Å². The van der Waals surface area contributed by atoms with Gasteiger partial charge in [-0.25, -0.2) is 0 Å². The summed E-state index contributed by atoms with van der Waals surface area (Å²) in [7, 11) is 0. The van der Waals surface area contributed by atoms with E-state index in [1.165, 1.54) is 37.7 Å². The van der Waals surface area contributed by atoms with Crippen LogP contribution >= 0.6 is 0 Å². The molecule has 0 bridgehead atoms. The van der Waals surface area contributed by atoms with Crippen LogP contribution in [0.15, 0.2) is 24.3 Å². The van der Waals surface area contributed by atoms with E-state index in [1.807, 2.05) is 6.07 Å². The van der Waals surface area contributed by atoms with Crippen LogP contribution in [0.3, 0.4) is 0 Å². The van der Waals surface area contributed by atoms with Gasteiger partial charge in [0.1, 0.15) is 11.9 Å². The molecule has 0 saturated heterocycles. The van der Waals surface area contributed by atoms with Gasteiger partial charge in [-0.05, 0) is 50.3 Å². The monoisotopic (exact) mass is 261 g/mol. The summed E-state index contributed by atoms with van der Waals surface area (Å²) in [6, 6.07) is 8.29. The van der Waals surface area contributed by atoms with Gasteiger partial charge in [0.25, 0.3) is 0 Å². The first-order valence-electron chi connectivity index (χ1n) is 7.67. The lowest BCUT2D eigenvalue weighted by atomic mass is 9.78. The standard InChI is InChI=1S/C17H27NO/c1-3-6-14-9-10-15(12-18)17(11-14)19-16-8-5-4-7-13(16)2/h4-5,7-8,14-15,17H,3,6,9-12,18H2,1-2H3. The summed E-state index contributed by atoms with van der Waals surface area (Å²) in [5.74, 6) is 2.37. The Labute approximate surface area is 117 Å². The predicted octanol–water partition coefficient (Wildman–Crippen LogP) is 3.92. The SMILES string of the molecule is CCCC1CCC(CN)C(Oc2ccccc2C)C1. The summed E-state index contributed by atoms with van der Waals surface area (Å²) in [6.45, 7) is 5.13. The molecular weight excluding hydrogens is 234 g/mol. The minimum absolute atomic E-state index is 0.302. The molecule has 3 unspecified atom stereocenters. The third kappa shape index (κ3) is 3.73. The van der Waals surface area contributed by atoms with Crippen molar-refractivity contribution in [2.24, 2.45) is 17.6 Å². The van der Waals surface area contributed by atoms with E-state index in [0.717, 1.165) is 18.2 Å². The van der Waals surface area contributed by atoms with Gasteiger partial charge >= 0.3 is 0 Å². The highest BCUT2D eigenvalue weighted by Gasteiger charge is 2.30. The van der Waals surface area contributed by atoms with Gasteiger partial charge in [0.05, 0.1) is 0 Å². The van der Waals surface area contributed by atoms with E-state index in [9.17, 15) is 0 Å². The number of hydrogen-bond donors (Lipinski definition) is 1. The van der Waals surface area contributed by atoms with Crippen LogP contribution in [0.1, 0.15) is 44.6 Å². The first-order valence-corrected chi connectivity index (χ1v) is 7.67. The second-order valence-electron chi connectivity index (χ2n) is 5.89. The molecule has 1 aliphatic rings. The highest BCUT2D eigenvalue weighted by atomic mass is 16.5. The molecule has 0 radical (unpaired) electrons. The number of para-hydroxylation sites is 1. The van der Waals surface area contributed by atoms with Crippen LogP contribution in [0.5, 0.6) is 5.75 Å². The minimum atomic E-state index is 0.302. The van der Waals surface area contributed by atoms with E-state index in [2.05, 4.69) is 32.0 Å². The molecule has 1 aliphatic carbocycles. The van der Waals surface area contributed by atoms with Crippen molar-refractivity contribution in [1.82, 2.24) is 0 Å². The number of nitrogens with two attached hydrogens (primary N) is 1. The molecule has 0 heterocycles. The molecule has 0 aliphatic heterocycles. The van der Waals surface area contributed by atoms with Crippen LogP contribution in [0.4, 0.5) is 0 Å². The van der Waals surface area contributed by atoms with Gasteiger partial charge in [-0.2, -0.15) is 0 Å². The highest BCUT2D eigenvalue weighted by Crippen LogP contribution is 2.34. The Bertz CT molecular complexity index is 391. The topological polar surface area (TPSA) is 35.2 Å². The number of aryl methyl sites for hydroxylation is 1. The molecular formula is C17H27NO. The summed E-state index contributed by atoms with van der Waals surface area (Å²) < 4.78 is 6.29. The third-order valence-electron chi connectivity index (χ3n) is 4.41. The van der Waals surface area contributed by atoms with E-state index in [-0.39, 0.29) is 0 Å². The lowest BCUT2D eigenvalue weighted by molar-refractivity contribution is 0.0663. The average molecular weight is 261 g/mol. The largest absolute Gasteiger partial charge is 0.490 e. The zero-order valence-corrected chi connectivity index (χ0v) is 12.3. The number of hydrogen-bond acceptors (Lipinski definition) is 2. The van der Waals surface area contributed by atoms with E-state index in [4.69, 9.17) is 10.5 Å². The molecule has 0 amide bonds. The van der Waals surface area contributed by atoms with Crippen molar-refractivity contribution in [2.75, 3.05) is 6.54 Å². The Morgan fingerprint density at radius 1 is 1.26 bits per heavy atom. The van der Waals surface area contributed by atoms with E-state index < -0.39 is 0 Å². The zero-order valence-electron chi connectivity index (χ0n) is 12.3. The lowest BCUT2D eigenvalue weighted by Crippen LogP contribution is -2.38. The van der Waals surface area contributed by atoms with Crippen molar-refractivity contribution in [3.05, 3.63) is 29.8 Å². The molecule has 1 aromatic carbocycles. The summed E-state index contributed by atoms with van der Waals surface area (Å²) >= 11 is 0. The van der Waals surface area contributed by atoms with Crippen molar-refractivity contribution in [3.63, 3.8) is 0 Å². The molecule has 2 N–H and O–H groups in total. The van der Waals surface area contributed by atoms with Crippen LogP contribution in [0.2, 0.25) is 0 Å². The molecule has 2 rings (SSSR count). The fraction of sp³-hybridized carbons (Fsp3) is 0.647.